The zero-order valence-electron chi connectivity index (χ0n) is 11.7. The van der Waals surface area contributed by atoms with Crippen molar-refractivity contribution in [2.75, 3.05) is 11.8 Å². The molecule has 0 aliphatic carbocycles. The zero-order chi connectivity index (χ0) is 15.3. The molecule has 0 amide bonds. The number of sulfonamides is 1. The lowest BCUT2D eigenvalue weighted by Gasteiger charge is -2.12. The number of anilines is 1. The van der Waals surface area contributed by atoms with Gasteiger partial charge in [-0.2, -0.15) is 0 Å². The molecule has 2 aromatic rings. The maximum absolute atomic E-state index is 12.4. The van der Waals surface area contributed by atoms with Crippen LogP contribution in [0.3, 0.4) is 0 Å². The molecule has 0 atom stereocenters. The van der Waals surface area contributed by atoms with E-state index < -0.39 is 10.0 Å². The van der Waals surface area contributed by atoms with E-state index in [1.54, 1.807) is 30.3 Å². The number of benzene rings is 2. The summed E-state index contributed by atoms with van der Waals surface area (Å²) in [6, 6.07) is 13.6. The van der Waals surface area contributed by atoms with Crippen molar-refractivity contribution in [2.24, 2.45) is 0 Å². The van der Waals surface area contributed by atoms with Gasteiger partial charge in [-0.15, -0.1) is 6.58 Å². The van der Waals surface area contributed by atoms with Crippen LogP contribution in [-0.2, 0) is 16.4 Å². The van der Waals surface area contributed by atoms with E-state index in [0.717, 1.165) is 5.56 Å². The van der Waals surface area contributed by atoms with Crippen LogP contribution in [0.2, 0.25) is 0 Å². The van der Waals surface area contributed by atoms with Crippen LogP contribution in [-0.4, -0.2) is 15.5 Å². The maximum Gasteiger partial charge on any atom is 0.262 e. The summed E-state index contributed by atoms with van der Waals surface area (Å²) in [4.78, 5) is 0.162. The second kappa shape index (κ2) is 6.45. The van der Waals surface area contributed by atoms with Crippen LogP contribution < -0.4 is 9.46 Å². The third-order valence-corrected chi connectivity index (χ3v) is 4.34. The average molecular weight is 303 g/mol. The Hall–Kier alpha value is -2.27. The average Bonchev–Trinajstić information content (AvgIpc) is 2.49. The number of allylic oxidation sites excluding steroid dienone is 1. The molecule has 5 heteroatoms. The molecule has 0 saturated carbocycles. The number of rotatable bonds is 6. The minimum Gasteiger partial charge on any atom is -0.497 e. The Bertz CT molecular complexity index is 739. The first-order valence-corrected chi connectivity index (χ1v) is 7.91. The molecular weight excluding hydrogens is 286 g/mol. The van der Waals surface area contributed by atoms with Crippen molar-refractivity contribution in [2.45, 2.75) is 11.3 Å². The molecule has 2 aromatic carbocycles. The Labute approximate surface area is 125 Å². The van der Waals surface area contributed by atoms with E-state index in [-0.39, 0.29) is 4.90 Å². The van der Waals surface area contributed by atoms with Gasteiger partial charge in [-0.3, -0.25) is 4.72 Å². The summed E-state index contributed by atoms with van der Waals surface area (Å²) >= 11 is 0. The van der Waals surface area contributed by atoms with Crippen molar-refractivity contribution >= 4 is 15.7 Å². The van der Waals surface area contributed by atoms with Gasteiger partial charge in [0.05, 0.1) is 17.7 Å². The van der Waals surface area contributed by atoms with E-state index in [0.29, 0.717) is 17.9 Å². The zero-order valence-corrected chi connectivity index (χ0v) is 12.6. The molecule has 0 unspecified atom stereocenters. The smallest absolute Gasteiger partial charge is 0.262 e. The summed E-state index contributed by atoms with van der Waals surface area (Å²) < 4.78 is 32.5. The summed E-state index contributed by atoms with van der Waals surface area (Å²) in [5, 5.41) is 0. The van der Waals surface area contributed by atoms with Crippen molar-refractivity contribution in [1.82, 2.24) is 0 Å². The Kier molecular flexibility index (Phi) is 4.65. The van der Waals surface area contributed by atoms with Crippen LogP contribution in [0.1, 0.15) is 5.56 Å². The molecule has 0 aliphatic heterocycles. The van der Waals surface area contributed by atoms with Crippen LogP contribution in [0, 0.1) is 0 Å². The van der Waals surface area contributed by atoms with E-state index in [9.17, 15) is 8.42 Å². The predicted molar refractivity (Wildman–Crippen MR) is 84.1 cm³/mol. The third-order valence-electron chi connectivity index (χ3n) is 2.98. The Morgan fingerprint density at radius 3 is 2.67 bits per heavy atom. The molecule has 0 spiro atoms. The maximum atomic E-state index is 12.4. The second-order valence-corrected chi connectivity index (χ2v) is 6.12. The van der Waals surface area contributed by atoms with Crippen molar-refractivity contribution in [1.29, 1.82) is 0 Å². The molecule has 0 aliphatic rings. The lowest BCUT2D eigenvalue weighted by molar-refractivity contribution is 0.413. The highest BCUT2D eigenvalue weighted by Crippen LogP contribution is 2.23. The first kappa shape index (κ1) is 15.1. The summed E-state index contributed by atoms with van der Waals surface area (Å²) in [5.74, 6) is 0.497. The van der Waals surface area contributed by atoms with Crippen LogP contribution in [0.4, 0.5) is 5.69 Å². The van der Waals surface area contributed by atoms with E-state index in [2.05, 4.69) is 11.3 Å². The van der Waals surface area contributed by atoms with Gasteiger partial charge in [-0.05, 0) is 30.2 Å². The SMILES string of the molecule is C=CCc1ccccc1NS(=O)(=O)c1cccc(OC)c1. The van der Waals surface area contributed by atoms with Gasteiger partial charge in [0.1, 0.15) is 5.75 Å². The molecule has 0 heterocycles. The van der Waals surface area contributed by atoms with Crippen molar-refractivity contribution < 1.29 is 13.2 Å². The Balaban J connectivity index is 2.35. The molecule has 0 saturated heterocycles. The van der Waals surface area contributed by atoms with Gasteiger partial charge in [0.25, 0.3) is 10.0 Å². The number of ether oxygens (including phenoxy) is 1. The summed E-state index contributed by atoms with van der Waals surface area (Å²) in [7, 11) is -2.15. The standard InChI is InChI=1S/C16H17NO3S/c1-3-7-13-8-4-5-11-16(13)17-21(18,19)15-10-6-9-14(12-15)20-2/h3-6,8-12,17H,1,7H2,2H3. The van der Waals surface area contributed by atoms with Gasteiger partial charge in [0.15, 0.2) is 0 Å². The highest BCUT2D eigenvalue weighted by molar-refractivity contribution is 7.92. The highest BCUT2D eigenvalue weighted by atomic mass is 32.2. The fraction of sp³-hybridized carbons (Fsp3) is 0.125. The van der Waals surface area contributed by atoms with Gasteiger partial charge in [0, 0.05) is 6.07 Å². The van der Waals surface area contributed by atoms with Gasteiger partial charge in [0.2, 0.25) is 0 Å². The van der Waals surface area contributed by atoms with Crippen molar-refractivity contribution in [3.8, 4) is 5.75 Å². The number of methoxy groups -OCH3 is 1. The fourth-order valence-electron chi connectivity index (χ4n) is 1.93. The van der Waals surface area contributed by atoms with Gasteiger partial charge in [-0.1, -0.05) is 30.3 Å². The van der Waals surface area contributed by atoms with Gasteiger partial charge in [-0.25, -0.2) is 8.42 Å². The molecular formula is C16H17NO3S. The fourth-order valence-corrected chi connectivity index (χ4v) is 3.06. The topological polar surface area (TPSA) is 55.4 Å². The van der Waals surface area contributed by atoms with Crippen LogP contribution >= 0.6 is 0 Å². The van der Waals surface area contributed by atoms with Crippen molar-refractivity contribution in [3.05, 3.63) is 66.7 Å². The van der Waals surface area contributed by atoms with E-state index >= 15 is 0 Å². The van der Waals surface area contributed by atoms with Crippen molar-refractivity contribution in [3.63, 3.8) is 0 Å². The van der Waals surface area contributed by atoms with Gasteiger partial charge < -0.3 is 4.74 Å². The number of hydrogen-bond acceptors (Lipinski definition) is 3. The third kappa shape index (κ3) is 3.64. The number of para-hydroxylation sites is 1. The van der Waals surface area contributed by atoms with Crippen LogP contribution in [0.25, 0.3) is 0 Å². The normalized spacial score (nSPS) is 10.9. The summed E-state index contributed by atoms with van der Waals surface area (Å²) in [5.41, 5.74) is 1.43. The first-order chi connectivity index (χ1) is 10.1. The molecule has 2 rings (SSSR count). The lowest BCUT2D eigenvalue weighted by atomic mass is 10.1. The second-order valence-electron chi connectivity index (χ2n) is 4.43. The molecule has 110 valence electrons. The summed E-state index contributed by atoms with van der Waals surface area (Å²) in [6.45, 7) is 3.68. The molecule has 21 heavy (non-hydrogen) atoms. The molecule has 4 nitrogen and oxygen atoms in total. The van der Waals surface area contributed by atoms with Gasteiger partial charge >= 0.3 is 0 Å². The monoisotopic (exact) mass is 303 g/mol. The minimum absolute atomic E-state index is 0.162. The number of nitrogens with one attached hydrogen (secondary N) is 1. The predicted octanol–water partition coefficient (Wildman–Crippen LogP) is 3.22. The molecule has 0 radical (unpaired) electrons. The number of hydrogen-bond donors (Lipinski definition) is 1. The van der Waals surface area contributed by atoms with E-state index in [1.165, 1.54) is 19.2 Å². The largest absolute Gasteiger partial charge is 0.497 e. The first-order valence-electron chi connectivity index (χ1n) is 6.42. The molecule has 0 aromatic heterocycles. The summed E-state index contributed by atoms with van der Waals surface area (Å²) in [6.07, 6.45) is 2.33. The van der Waals surface area contributed by atoms with Crippen LogP contribution in [0.15, 0.2) is 66.1 Å². The Morgan fingerprint density at radius 2 is 1.95 bits per heavy atom. The quantitative estimate of drug-likeness (QED) is 0.834. The molecule has 1 N–H and O–H groups in total. The lowest BCUT2D eigenvalue weighted by Crippen LogP contribution is -2.14. The van der Waals surface area contributed by atoms with E-state index in [4.69, 9.17) is 4.74 Å². The minimum atomic E-state index is -3.65. The van der Waals surface area contributed by atoms with E-state index in [1.807, 2.05) is 12.1 Å². The van der Waals surface area contributed by atoms with Crippen LogP contribution in [0.5, 0.6) is 5.75 Å². The Morgan fingerprint density at radius 1 is 1.19 bits per heavy atom. The highest BCUT2D eigenvalue weighted by Gasteiger charge is 2.16. The molecule has 0 bridgehead atoms. The molecule has 0 fully saturated rings.